The third kappa shape index (κ3) is 3.09. The molecule has 0 spiro atoms. The van der Waals surface area contributed by atoms with Gasteiger partial charge in [0, 0.05) is 20.3 Å². The van der Waals surface area contributed by atoms with Crippen molar-refractivity contribution in [2.45, 2.75) is 24.8 Å². The Morgan fingerprint density at radius 1 is 1.15 bits per heavy atom. The first-order valence-electron chi connectivity index (χ1n) is 6.59. The normalized spacial score (nSPS) is 21.4. The van der Waals surface area contributed by atoms with Crippen LogP contribution in [0.25, 0.3) is 0 Å². The molecule has 1 aliphatic rings. The molecule has 1 N–H and O–H groups in total. The van der Waals surface area contributed by atoms with Crippen LogP contribution in [-0.2, 0) is 0 Å². The number of hydrogen-bond donors (Lipinski definition) is 1. The van der Waals surface area contributed by atoms with Crippen molar-refractivity contribution >= 4 is 39.9 Å². The Labute approximate surface area is 136 Å². The lowest BCUT2D eigenvalue weighted by atomic mass is 9.76. The van der Waals surface area contributed by atoms with Gasteiger partial charge in [0.1, 0.15) is 5.82 Å². The number of rotatable bonds is 3. The van der Waals surface area contributed by atoms with Crippen molar-refractivity contribution < 1.29 is 4.39 Å². The summed E-state index contributed by atoms with van der Waals surface area (Å²) in [6.45, 7) is 0. The molecule has 20 heavy (non-hydrogen) atoms. The zero-order valence-corrected chi connectivity index (χ0v) is 13.7. The highest BCUT2D eigenvalue weighted by molar-refractivity contribution is 14.1. The van der Waals surface area contributed by atoms with Crippen molar-refractivity contribution in [3.8, 4) is 0 Å². The maximum atomic E-state index is 13.2. The van der Waals surface area contributed by atoms with Crippen LogP contribution in [0.5, 0.6) is 0 Å². The Morgan fingerprint density at radius 3 is 2.65 bits per heavy atom. The number of benzene rings is 2. The molecule has 0 saturated heterocycles. The fourth-order valence-corrected chi connectivity index (χ4v) is 3.62. The second-order valence-electron chi connectivity index (χ2n) is 5.19. The van der Waals surface area contributed by atoms with Crippen molar-refractivity contribution in [2.24, 2.45) is 0 Å². The van der Waals surface area contributed by atoms with Crippen LogP contribution < -0.4 is 5.32 Å². The topological polar surface area (TPSA) is 12.0 Å². The van der Waals surface area contributed by atoms with E-state index in [9.17, 15) is 4.39 Å². The minimum Gasteiger partial charge on any atom is -0.381 e. The minimum atomic E-state index is -0.147. The third-order valence-corrected chi connectivity index (χ3v) is 4.88. The van der Waals surface area contributed by atoms with Gasteiger partial charge in [0.15, 0.2) is 0 Å². The van der Waals surface area contributed by atoms with Crippen LogP contribution in [0.2, 0.25) is 5.02 Å². The average molecular weight is 402 g/mol. The molecular formula is C16H14ClFIN. The number of halogens is 3. The lowest BCUT2D eigenvalue weighted by molar-refractivity contribution is 0.373. The molecule has 2 aromatic rings. The van der Waals surface area contributed by atoms with Crippen LogP contribution in [0.3, 0.4) is 0 Å². The molecule has 0 radical (unpaired) electrons. The molecule has 1 aliphatic carbocycles. The summed E-state index contributed by atoms with van der Waals surface area (Å²) in [5.41, 5.74) is 2.23. The summed E-state index contributed by atoms with van der Waals surface area (Å²) in [5.74, 6) is 0.319. The lowest BCUT2D eigenvalue weighted by Gasteiger charge is -2.37. The van der Waals surface area contributed by atoms with E-state index < -0.39 is 0 Å². The van der Waals surface area contributed by atoms with Crippen molar-refractivity contribution in [1.82, 2.24) is 0 Å². The van der Waals surface area contributed by atoms with Crippen molar-refractivity contribution in [3.63, 3.8) is 0 Å². The SMILES string of the molecule is Fc1cccc(C2CC(Nc3ccc(Cl)cc3I)C2)c1. The second kappa shape index (κ2) is 5.90. The lowest BCUT2D eigenvalue weighted by Crippen LogP contribution is -2.34. The van der Waals surface area contributed by atoms with E-state index in [1.807, 2.05) is 24.3 Å². The molecule has 104 valence electrons. The molecular weight excluding hydrogens is 388 g/mol. The van der Waals surface area contributed by atoms with E-state index in [0.29, 0.717) is 12.0 Å². The molecule has 0 unspecified atom stereocenters. The summed E-state index contributed by atoms with van der Waals surface area (Å²) in [5, 5.41) is 4.28. The van der Waals surface area contributed by atoms with Crippen LogP contribution in [0.1, 0.15) is 24.3 Å². The fraction of sp³-hybridized carbons (Fsp3) is 0.250. The number of nitrogens with one attached hydrogen (secondary N) is 1. The van der Waals surface area contributed by atoms with Crippen LogP contribution in [0.4, 0.5) is 10.1 Å². The standard InChI is InChI=1S/C16H14ClFIN/c17-12-4-5-16(15(19)9-12)20-14-7-11(8-14)10-2-1-3-13(18)6-10/h1-6,9,11,14,20H,7-8H2. The smallest absolute Gasteiger partial charge is 0.123 e. The van der Waals surface area contributed by atoms with Gasteiger partial charge in [0.25, 0.3) is 0 Å². The van der Waals surface area contributed by atoms with E-state index in [4.69, 9.17) is 11.6 Å². The van der Waals surface area contributed by atoms with Gasteiger partial charge in [-0.1, -0.05) is 23.7 Å². The van der Waals surface area contributed by atoms with Crippen LogP contribution >= 0.6 is 34.2 Å². The van der Waals surface area contributed by atoms with Crippen molar-refractivity contribution in [3.05, 3.63) is 62.4 Å². The molecule has 0 heterocycles. The van der Waals surface area contributed by atoms with Crippen molar-refractivity contribution in [1.29, 1.82) is 0 Å². The van der Waals surface area contributed by atoms with E-state index >= 15 is 0 Å². The first-order valence-corrected chi connectivity index (χ1v) is 8.04. The maximum Gasteiger partial charge on any atom is 0.123 e. The van der Waals surface area contributed by atoms with Crippen LogP contribution in [0.15, 0.2) is 42.5 Å². The maximum absolute atomic E-state index is 13.2. The predicted octanol–water partition coefficient (Wildman–Crippen LogP) is 5.44. The first kappa shape index (κ1) is 14.1. The molecule has 0 aromatic heterocycles. The summed E-state index contributed by atoms with van der Waals surface area (Å²) in [4.78, 5) is 0. The highest BCUT2D eigenvalue weighted by Crippen LogP contribution is 2.39. The summed E-state index contributed by atoms with van der Waals surface area (Å²) < 4.78 is 14.3. The van der Waals surface area contributed by atoms with Gasteiger partial charge in [-0.2, -0.15) is 0 Å². The molecule has 0 aliphatic heterocycles. The fourth-order valence-electron chi connectivity index (χ4n) is 2.59. The van der Waals surface area contributed by atoms with E-state index in [-0.39, 0.29) is 5.82 Å². The molecule has 0 amide bonds. The van der Waals surface area contributed by atoms with E-state index in [2.05, 4.69) is 27.9 Å². The van der Waals surface area contributed by atoms with E-state index in [1.54, 1.807) is 12.1 Å². The molecule has 0 bridgehead atoms. The summed E-state index contributed by atoms with van der Waals surface area (Å²) in [7, 11) is 0. The molecule has 1 nitrogen and oxygen atoms in total. The van der Waals surface area contributed by atoms with Crippen LogP contribution in [-0.4, -0.2) is 6.04 Å². The van der Waals surface area contributed by atoms with Gasteiger partial charge in [-0.15, -0.1) is 0 Å². The third-order valence-electron chi connectivity index (χ3n) is 3.75. The van der Waals surface area contributed by atoms with Gasteiger partial charge in [-0.25, -0.2) is 4.39 Å². The Morgan fingerprint density at radius 2 is 1.95 bits per heavy atom. The Bertz CT molecular complexity index is 626. The van der Waals surface area contributed by atoms with Gasteiger partial charge >= 0.3 is 0 Å². The Hall–Kier alpha value is -0.810. The minimum absolute atomic E-state index is 0.147. The predicted molar refractivity (Wildman–Crippen MR) is 90.0 cm³/mol. The van der Waals surface area contributed by atoms with Gasteiger partial charge in [-0.05, 0) is 77.2 Å². The van der Waals surface area contributed by atoms with E-state index in [1.165, 1.54) is 6.07 Å². The summed E-state index contributed by atoms with van der Waals surface area (Å²) in [6, 6.07) is 13.3. The van der Waals surface area contributed by atoms with Gasteiger partial charge in [0.05, 0.1) is 0 Å². The first-order chi connectivity index (χ1) is 9.61. The Balaban J connectivity index is 1.61. The van der Waals surface area contributed by atoms with Gasteiger partial charge < -0.3 is 5.32 Å². The second-order valence-corrected chi connectivity index (χ2v) is 6.79. The van der Waals surface area contributed by atoms with Crippen molar-refractivity contribution in [2.75, 3.05) is 5.32 Å². The molecule has 0 atom stereocenters. The summed E-state index contributed by atoms with van der Waals surface area (Å²) >= 11 is 8.24. The molecule has 3 rings (SSSR count). The summed E-state index contributed by atoms with van der Waals surface area (Å²) in [6.07, 6.45) is 2.09. The molecule has 2 aromatic carbocycles. The molecule has 1 fully saturated rings. The zero-order valence-electron chi connectivity index (χ0n) is 10.7. The van der Waals surface area contributed by atoms with Gasteiger partial charge in [-0.3, -0.25) is 0 Å². The largest absolute Gasteiger partial charge is 0.381 e. The van der Waals surface area contributed by atoms with Gasteiger partial charge in [0.2, 0.25) is 0 Å². The highest BCUT2D eigenvalue weighted by Gasteiger charge is 2.30. The molecule has 1 saturated carbocycles. The quantitative estimate of drug-likeness (QED) is 0.675. The van der Waals surface area contributed by atoms with Crippen LogP contribution in [0, 0.1) is 9.39 Å². The highest BCUT2D eigenvalue weighted by atomic mass is 127. The Kier molecular flexibility index (Phi) is 4.17. The zero-order chi connectivity index (χ0) is 14.1. The average Bonchev–Trinajstić information content (AvgIpc) is 2.35. The molecule has 4 heteroatoms. The van der Waals surface area contributed by atoms with E-state index in [0.717, 1.165) is 32.7 Å². The monoisotopic (exact) mass is 401 g/mol. The number of hydrogen-bond acceptors (Lipinski definition) is 1. The number of anilines is 1.